The number of hydrogen-bond acceptors (Lipinski definition) is 3. The highest BCUT2D eigenvalue weighted by atomic mass is 15.4. The van der Waals surface area contributed by atoms with E-state index in [0.29, 0.717) is 12.0 Å². The van der Waals surface area contributed by atoms with E-state index in [2.05, 4.69) is 73.1 Å². The van der Waals surface area contributed by atoms with E-state index in [1.54, 1.807) is 0 Å². The summed E-state index contributed by atoms with van der Waals surface area (Å²) in [6, 6.07) is 15.4. The monoisotopic (exact) mass is 281 g/mol. The van der Waals surface area contributed by atoms with E-state index in [9.17, 15) is 0 Å². The van der Waals surface area contributed by atoms with Gasteiger partial charge in [-0.25, -0.2) is 0 Å². The van der Waals surface area contributed by atoms with E-state index < -0.39 is 0 Å². The van der Waals surface area contributed by atoms with Crippen LogP contribution in [0.3, 0.4) is 0 Å². The topological polar surface area (TPSA) is 41.6 Å². The summed E-state index contributed by atoms with van der Waals surface area (Å²) >= 11 is 0. The fourth-order valence-electron chi connectivity index (χ4n) is 3.44. The molecule has 0 aromatic heterocycles. The average Bonchev–Trinajstić information content (AvgIpc) is 2.82. The second-order valence-corrected chi connectivity index (χ2v) is 6.10. The molecule has 2 aromatic rings. The molecule has 110 valence electrons. The zero-order chi connectivity index (χ0) is 15.0. The lowest BCUT2D eigenvalue weighted by atomic mass is 9.86. The maximum Gasteiger partial charge on any atom is 0.192 e. The van der Waals surface area contributed by atoms with Crippen LogP contribution in [0.15, 0.2) is 47.5 Å². The molecule has 3 heteroatoms. The third kappa shape index (κ3) is 2.08. The van der Waals surface area contributed by atoms with Gasteiger partial charge >= 0.3 is 0 Å². The summed E-state index contributed by atoms with van der Waals surface area (Å²) in [5.74, 6) is 0.666. The maximum absolute atomic E-state index is 6.19. The van der Waals surface area contributed by atoms with Crippen molar-refractivity contribution < 1.29 is 0 Å². The lowest BCUT2D eigenvalue weighted by Crippen LogP contribution is -2.51. The fourth-order valence-corrected chi connectivity index (χ4v) is 3.44. The third-order valence-electron chi connectivity index (χ3n) is 4.73. The van der Waals surface area contributed by atoms with E-state index in [1.165, 1.54) is 16.3 Å². The van der Waals surface area contributed by atoms with Crippen LogP contribution in [-0.2, 0) is 5.54 Å². The van der Waals surface area contributed by atoms with Crippen molar-refractivity contribution in [1.82, 2.24) is 4.90 Å². The maximum atomic E-state index is 6.19. The molecule has 0 saturated heterocycles. The smallest absolute Gasteiger partial charge is 0.192 e. The molecule has 3 nitrogen and oxygen atoms in total. The van der Waals surface area contributed by atoms with Gasteiger partial charge in [0, 0.05) is 6.04 Å². The number of nitrogens with two attached hydrogens (primary N) is 1. The number of fused-ring (bicyclic) bond motifs is 1. The third-order valence-corrected chi connectivity index (χ3v) is 4.73. The molecule has 0 spiro atoms. The second-order valence-electron chi connectivity index (χ2n) is 6.10. The van der Waals surface area contributed by atoms with Crippen molar-refractivity contribution in [2.45, 2.75) is 38.8 Å². The molecule has 0 bridgehead atoms. The van der Waals surface area contributed by atoms with Crippen molar-refractivity contribution in [1.29, 1.82) is 0 Å². The number of nitrogens with zero attached hydrogens (tertiary/aromatic N) is 2. The second kappa shape index (κ2) is 5.06. The Hall–Kier alpha value is -2.03. The average molecular weight is 281 g/mol. The van der Waals surface area contributed by atoms with Gasteiger partial charge in [-0.15, -0.1) is 0 Å². The highest BCUT2D eigenvalue weighted by Gasteiger charge is 2.42. The molecule has 0 aliphatic carbocycles. The van der Waals surface area contributed by atoms with E-state index in [1.807, 2.05) is 0 Å². The van der Waals surface area contributed by atoms with E-state index in [4.69, 9.17) is 5.73 Å². The minimum absolute atomic E-state index is 0.166. The van der Waals surface area contributed by atoms with Crippen LogP contribution in [0.2, 0.25) is 0 Å². The minimum atomic E-state index is -0.166. The Morgan fingerprint density at radius 3 is 2.71 bits per heavy atom. The quantitative estimate of drug-likeness (QED) is 0.935. The van der Waals surface area contributed by atoms with Gasteiger partial charge in [0.1, 0.15) is 0 Å². The van der Waals surface area contributed by atoms with Gasteiger partial charge in [0.2, 0.25) is 0 Å². The summed E-state index contributed by atoms with van der Waals surface area (Å²) in [5.41, 5.74) is 7.33. The Labute approximate surface area is 126 Å². The molecule has 2 unspecified atom stereocenters. The molecule has 2 atom stereocenters. The van der Waals surface area contributed by atoms with Gasteiger partial charge in [0.15, 0.2) is 5.96 Å². The molecule has 3 rings (SSSR count). The van der Waals surface area contributed by atoms with Crippen LogP contribution in [0.1, 0.15) is 32.8 Å². The zero-order valence-electron chi connectivity index (χ0n) is 13.0. The van der Waals surface area contributed by atoms with Gasteiger partial charge in [-0.2, -0.15) is 0 Å². The molecule has 1 heterocycles. The fraction of sp³-hybridized carbons (Fsp3) is 0.389. The number of rotatable bonds is 3. The van der Waals surface area contributed by atoms with E-state index >= 15 is 0 Å². The largest absolute Gasteiger partial charge is 0.370 e. The molecule has 0 saturated carbocycles. The predicted octanol–water partition coefficient (Wildman–Crippen LogP) is 3.48. The highest BCUT2D eigenvalue weighted by molar-refractivity contribution is 5.89. The van der Waals surface area contributed by atoms with Crippen LogP contribution >= 0.6 is 0 Å². The first kappa shape index (κ1) is 13.9. The van der Waals surface area contributed by atoms with Crippen molar-refractivity contribution >= 4 is 16.7 Å². The summed E-state index contributed by atoms with van der Waals surface area (Å²) in [6.07, 6.45) is 1.05. The summed E-state index contributed by atoms with van der Waals surface area (Å²) < 4.78 is 0. The molecule has 0 fully saturated rings. The first-order chi connectivity index (χ1) is 10.1. The Morgan fingerprint density at radius 1 is 1.24 bits per heavy atom. The number of guanidine groups is 1. The van der Waals surface area contributed by atoms with Gasteiger partial charge in [0.05, 0.1) is 12.1 Å². The summed E-state index contributed by atoms with van der Waals surface area (Å²) in [6.45, 7) is 7.39. The van der Waals surface area contributed by atoms with Gasteiger partial charge in [-0.05, 0) is 36.6 Å². The zero-order valence-corrected chi connectivity index (χ0v) is 13.0. The molecule has 0 amide bonds. The molecular formula is C18H23N3. The molecule has 0 radical (unpaired) electrons. The first-order valence-electron chi connectivity index (χ1n) is 7.65. The van der Waals surface area contributed by atoms with Crippen molar-refractivity contribution in [3.8, 4) is 0 Å². The lowest BCUT2D eigenvalue weighted by molar-refractivity contribution is 0.173. The summed E-state index contributed by atoms with van der Waals surface area (Å²) in [5, 5.41) is 2.56. The SMILES string of the molecule is CCC(C)N1C(N)=NCC1(C)c1cccc2ccccc12. The normalized spacial score (nSPS) is 23.4. The van der Waals surface area contributed by atoms with Crippen molar-refractivity contribution in [3.63, 3.8) is 0 Å². The summed E-state index contributed by atoms with van der Waals surface area (Å²) in [7, 11) is 0. The van der Waals surface area contributed by atoms with Gasteiger partial charge in [0.25, 0.3) is 0 Å². The van der Waals surface area contributed by atoms with Crippen LogP contribution in [-0.4, -0.2) is 23.4 Å². The summed E-state index contributed by atoms with van der Waals surface area (Å²) in [4.78, 5) is 6.83. The van der Waals surface area contributed by atoms with Crippen LogP contribution in [0.4, 0.5) is 0 Å². The molecular weight excluding hydrogens is 258 g/mol. The molecule has 1 aliphatic rings. The van der Waals surface area contributed by atoms with Crippen molar-refractivity contribution in [3.05, 3.63) is 48.0 Å². The number of aliphatic imine (C=N–C) groups is 1. The van der Waals surface area contributed by atoms with Crippen LogP contribution in [0.25, 0.3) is 10.8 Å². The van der Waals surface area contributed by atoms with Crippen molar-refractivity contribution in [2.24, 2.45) is 10.7 Å². The Kier molecular flexibility index (Phi) is 3.36. The van der Waals surface area contributed by atoms with Crippen LogP contribution in [0, 0.1) is 0 Å². The Morgan fingerprint density at radius 2 is 1.95 bits per heavy atom. The van der Waals surface area contributed by atoms with E-state index in [0.717, 1.165) is 13.0 Å². The van der Waals surface area contributed by atoms with Gasteiger partial charge < -0.3 is 10.6 Å². The van der Waals surface area contributed by atoms with Crippen LogP contribution in [0.5, 0.6) is 0 Å². The Bertz CT molecular complexity index is 686. The lowest BCUT2D eigenvalue weighted by Gasteiger charge is -2.41. The predicted molar refractivity (Wildman–Crippen MR) is 89.4 cm³/mol. The van der Waals surface area contributed by atoms with Crippen molar-refractivity contribution in [2.75, 3.05) is 6.54 Å². The first-order valence-corrected chi connectivity index (χ1v) is 7.65. The minimum Gasteiger partial charge on any atom is -0.370 e. The number of benzene rings is 2. The van der Waals surface area contributed by atoms with Gasteiger partial charge in [-0.3, -0.25) is 4.99 Å². The molecule has 1 aliphatic heterocycles. The molecule has 2 aromatic carbocycles. The Balaban J connectivity index is 2.17. The van der Waals surface area contributed by atoms with Crippen LogP contribution < -0.4 is 5.73 Å². The van der Waals surface area contributed by atoms with E-state index in [-0.39, 0.29) is 5.54 Å². The highest BCUT2D eigenvalue weighted by Crippen LogP contribution is 2.38. The molecule has 21 heavy (non-hydrogen) atoms. The number of hydrogen-bond donors (Lipinski definition) is 1. The van der Waals surface area contributed by atoms with Gasteiger partial charge in [-0.1, -0.05) is 49.4 Å². The standard InChI is InChI=1S/C18H23N3/c1-4-13(2)21-17(19)20-12-18(21,3)16-11-7-9-14-8-5-6-10-15(14)16/h5-11,13H,4,12H2,1-3H3,(H2,19,20). The molecule has 2 N–H and O–H groups in total.